The summed E-state index contributed by atoms with van der Waals surface area (Å²) in [5.41, 5.74) is 1.66. The minimum Gasteiger partial charge on any atom is -0.361 e. The lowest BCUT2D eigenvalue weighted by Gasteiger charge is -2.44. The van der Waals surface area contributed by atoms with Crippen LogP contribution in [0.5, 0.6) is 0 Å². The summed E-state index contributed by atoms with van der Waals surface area (Å²) in [6.07, 6.45) is 3.63. The number of fused-ring (bicyclic) bond motifs is 1. The predicted octanol–water partition coefficient (Wildman–Crippen LogP) is 2.81. The van der Waals surface area contributed by atoms with Crippen LogP contribution < -0.4 is 10.6 Å². The van der Waals surface area contributed by atoms with E-state index in [2.05, 4.69) is 20.8 Å². The summed E-state index contributed by atoms with van der Waals surface area (Å²) in [5, 5.41) is 10.3. The van der Waals surface area contributed by atoms with Gasteiger partial charge in [0.25, 0.3) is 11.8 Å². The minimum absolute atomic E-state index is 0.0531. The molecule has 0 unspecified atom stereocenters. The molecule has 1 fully saturated rings. The van der Waals surface area contributed by atoms with Gasteiger partial charge in [0.2, 0.25) is 5.91 Å². The molecular formula is C26H29ClN6O4. The number of aromatic nitrogens is 3. The fourth-order valence-corrected chi connectivity index (χ4v) is 5.18. The number of imidazole rings is 1. The first kappa shape index (κ1) is 25.0. The standard InChI is InChI=1S/C26H29ClN6O4/c1-15-19(16(2)37-31-15)10-11-28-23(34)21-22-24(35)33(18-8-9-18)26(3,13-32(22)14-30-21)25(36)29-12-17-6-4-5-7-20(17)27/h4-7,14,18H,8-13H2,1-3H3,(H,28,34)(H,29,36)/t26-/m0/s1. The van der Waals surface area contributed by atoms with E-state index in [1.165, 1.54) is 6.33 Å². The zero-order valence-corrected chi connectivity index (χ0v) is 21.8. The van der Waals surface area contributed by atoms with E-state index in [1.54, 1.807) is 22.5 Å². The highest BCUT2D eigenvalue weighted by Gasteiger charge is 2.53. The van der Waals surface area contributed by atoms with Crippen molar-refractivity contribution < 1.29 is 18.9 Å². The first-order valence-corrected chi connectivity index (χ1v) is 12.7. The smallest absolute Gasteiger partial charge is 0.274 e. The van der Waals surface area contributed by atoms with Crippen molar-refractivity contribution >= 4 is 29.3 Å². The van der Waals surface area contributed by atoms with Crippen LogP contribution >= 0.6 is 11.6 Å². The van der Waals surface area contributed by atoms with E-state index in [4.69, 9.17) is 16.1 Å². The van der Waals surface area contributed by atoms with Crippen LogP contribution in [0.1, 0.15) is 63.3 Å². The third-order valence-electron chi connectivity index (χ3n) is 7.12. The van der Waals surface area contributed by atoms with E-state index >= 15 is 0 Å². The summed E-state index contributed by atoms with van der Waals surface area (Å²) >= 11 is 6.25. The molecule has 194 valence electrons. The third-order valence-corrected chi connectivity index (χ3v) is 7.49. The van der Waals surface area contributed by atoms with E-state index in [9.17, 15) is 14.4 Å². The van der Waals surface area contributed by atoms with Gasteiger partial charge in [-0.25, -0.2) is 4.98 Å². The Hall–Kier alpha value is -3.66. The Balaban J connectivity index is 1.33. The number of aryl methyl sites for hydroxylation is 2. The maximum absolute atomic E-state index is 13.7. The second-order valence-electron chi connectivity index (χ2n) is 9.83. The molecule has 1 aliphatic heterocycles. The molecule has 3 heterocycles. The summed E-state index contributed by atoms with van der Waals surface area (Å²) in [5.74, 6) is -0.361. The Bertz CT molecular complexity index is 1360. The highest BCUT2D eigenvalue weighted by Crippen LogP contribution is 2.39. The summed E-state index contributed by atoms with van der Waals surface area (Å²) in [6.45, 7) is 6.23. The van der Waals surface area contributed by atoms with Crippen LogP contribution in [0, 0.1) is 13.8 Å². The van der Waals surface area contributed by atoms with Crippen LogP contribution in [0.2, 0.25) is 5.02 Å². The molecule has 1 saturated carbocycles. The molecule has 2 aliphatic rings. The largest absolute Gasteiger partial charge is 0.361 e. The summed E-state index contributed by atoms with van der Waals surface area (Å²) < 4.78 is 6.78. The van der Waals surface area contributed by atoms with Gasteiger partial charge < -0.3 is 24.6 Å². The molecule has 0 spiro atoms. The van der Waals surface area contributed by atoms with E-state index in [0.717, 1.165) is 29.7 Å². The number of nitrogens with one attached hydrogen (secondary N) is 2. The Kier molecular flexibility index (Phi) is 6.53. The number of benzene rings is 1. The van der Waals surface area contributed by atoms with Crippen molar-refractivity contribution in [1.82, 2.24) is 30.2 Å². The van der Waals surface area contributed by atoms with Gasteiger partial charge in [-0.05, 0) is 51.7 Å². The predicted molar refractivity (Wildman–Crippen MR) is 135 cm³/mol. The number of carbonyl (C=O) groups is 3. The van der Waals surface area contributed by atoms with Crippen LogP contribution in [0.15, 0.2) is 35.1 Å². The van der Waals surface area contributed by atoms with Crippen molar-refractivity contribution in [3.8, 4) is 0 Å². The number of amides is 3. The van der Waals surface area contributed by atoms with Crippen LogP contribution in [-0.2, 0) is 24.3 Å². The van der Waals surface area contributed by atoms with Crippen molar-refractivity contribution in [3.05, 3.63) is 69.6 Å². The molecule has 0 bridgehead atoms. The van der Waals surface area contributed by atoms with Crippen molar-refractivity contribution in [3.63, 3.8) is 0 Å². The molecule has 0 saturated heterocycles. The van der Waals surface area contributed by atoms with Gasteiger partial charge in [0.1, 0.15) is 17.0 Å². The quantitative estimate of drug-likeness (QED) is 0.467. The Morgan fingerprint density at radius 3 is 2.65 bits per heavy atom. The summed E-state index contributed by atoms with van der Waals surface area (Å²) in [7, 11) is 0. The number of rotatable bonds is 8. The van der Waals surface area contributed by atoms with E-state index < -0.39 is 11.4 Å². The van der Waals surface area contributed by atoms with Gasteiger partial charge >= 0.3 is 0 Å². The molecule has 0 radical (unpaired) electrons. The molecular weight excluding hydrogens is 496 g/mol. The van der Waals surface area contributed by atoms with Gasteiger partial charge in [0.05, 0.1) is 18.6 Å². The highest BCUT2D eigenvalue weighted by molar-refractivity contribution is 6.31. The normalized spacial score (nSPS) is 19.0. The van der Waals surface area contributed by atoms with Crippen LogP contribution in [0.25, 0.3) is 0 Å². The zero-order chi connectivity index (χ0) is 26.3. The minimum atomic E-state index is -1.13. The molecule has 2 aromatic heterocycles. The molecule has 11 heteroatoms. The lowest BCUT2D eigenvalue weighted by atomic mass is 9.93. The monoisotopic (exact) mass is 524 g/mol. The molecule has 37 heavy (non-hydrogen) atoms. The maximum Gasteiger partial charge on any atom is 0.274 e. The van der Waals surface area contributed by atoms with Gasteiger partial charge in [-0.1, -0.05) is 35.0 Å². The van der Waals surface area contributed by atoms with E-state index in [0.29, 0.717) is 23.7 Å². The van der Waals surface area contributed by atoms with Crippen molar-refractivity contribution in [2.45, 2.75) is 64.7 Å². The number of hydrogen-bond acceptors (Lipinski definition) is 6. The van der Waals surface area contributed by atoms with Gasteiger partial charge in [0.15, 0.2) is 5.69 Å². The first-order valence-electron chi connectivity index (χ1n) is 12.3. The lowest BCUT2D eigenvalue weighted by molar-refractivity contribution is -0.133. The molecule has 1 aromatic carbocycles. The topological polar surface area (TPSA) is 122 Å². The number of hydrogen-bond donors (Lipinski definition) is 2. The van der Waals surface area contributed by atoms with Gasteiger partial charge in [-0.15, -0.1) is 0 Å². The van der Waals surface area contributed by atoms with Gasteiger partial charge in [0, 0.05) is 29.7 Å². The second kappa shape index (κ2) is 9.66. The fourth-order valence-electron chi connectivity index (χ4n) is 4.97. The zero-order valence-electron chi connectivity index (χ0n) is 21.0. The van der Waals surface area contributed by atoms with Crippen LogP contribution in [0.3, 0.4) is 0 Å². The molecule has 1 aliphatic carbocycles. The average molecular weight is 525 g/mol. The first-order chi connectivity index (χ1) is 17.7. The Labute approximate surface area is 219 Å². The van der Waals surface area contributed by atoms with Crippen LogP contribution in [-0.4, -0.2) is 55.5 Å². The number of halogens is 1. The van der Waals surface area contributed by atoms with Crippen molar-refractivity contribution in [1.29, 1.82) is 0 Å². The van der Waals surface area contributed by atoms with E-state index in [1.807, 2.05) is 32.0 Å². The third kappa shape index (κ3) is 4.61. The molecule has 10 nitrogen and oxygen atoms in total. The number of nitrogens with zero attached hydrogens (tertiary/aromatic N) is 4. The SMILES string of the molecule is Cc1noc(C)c1CCNC(=O)c1ncn2c1C(=O)N(C1CC1)[C@](C)(C(=O)NCc1ccccc1Cl)C2. The fraction of sp³-hybridized carbons (Fsp3) is 0.423. The van der Waals surface area contributed by atoms with Gasteiger partial charge in [-0.2, -0.15) is 0 Å². The van der Waals surface area contributed by atoms with E-state index in [-0.39, 0.29) is 42.3 Å². The van der Waals surface area contributed by atoms with Crippen molar-refractivity contribution in [2.75, 3.05) is 6.54 Å². The summed E-state index contributed by atoms with van der Waals surface area (Å²) in [6, 6.07) is 7.25. The number of carbonyl (C=O) groups excluding carboxylic acids is 3. The highest BCUT2D eigenvalue weighted by atomic mass is 35.5. The van der Waals surface area contributed by atoms with Gasteiger partial charge in [-0.3, -0.25) is 14.4 Å². The lowest BCUT2D eigenvalue weighted by Crippen LogP contribution is -2.64. The second-order valence-corrected chi connectivity index (χ2v) is 10.2. The molecule has 3 aromatic rings. The molecule has 5 rings (SSSR count). The molecule has 1 atom stereocenters. The Morgan fingerprint density at radius 2 is 1.97 bits per heavy atom. The Morgan fingerprint density at radius 1 is 1.22 bits per heavy atom. The summed E-state index contributed by atoms with van der Waals surface area (Å²) in [4.78, 5) is 46.1. The molecule has 2 N–H and O–H groups in total. The molecule has 3 amide bonds. The van der Waals surface area contributed by atoms with Crippen LogP contribution in [0.4, 0.5) is 0 Å². The maximum atomic E-state index is 13.7. The van der Waals surface area contributed by atoms with Crippen molar-refractivity contribution in [2.24, 2.45) is 0 Å². The average Bonchev–Trinajstić information content (AvgIpc) is 3.52.